The molecule has 0 aliphatic heterocycles. The monoisotopic (exact) mass is 922 g/mol. The van der Waals surface area contributed by atoms with Crippen molar-refractivity contribution in [3.05, 3.63) is 156 Å². The molecule has 59 heavy (non-hydrogen) atoms. The molecular weight excluding hydrogens is 872 g/mol. The van der Waals surface area contributed by atoms with E-state index in [0.29, 0.717) is 6.04 Å². The Bertz CT molecular complexity index is 2520. The van der Waals surface area contributed by atoms with E-state index in [0.717, 1.165) is 0 Å². The van der Waals surface area contributed by atoms with Crippen LogP contribution in [0.15, 0.2) is 133 Å². The van der Waals surface area contributed by atoms with E-state index in [4.69, 9.17) is 0 Å². The Kier molecular flexibility index (Phi) is 15.9. The minimum atomic E-state index is -3.93. The summed E-state index contributed by atoms with van der Waals surface area (Å²) in [6, 6.07) is 49.1. The van der Waals surface area contributed by atoms with Crippen molar-refractivity contribution >= 4 is 48.5 Å². The van der Waals surface area contributed by atoms with Crippen LogP contribution in [0.1, 0.15) is 70.2 Å². The van der Waals surface area contributed by atoms with Gasteiger partial charge in [0.25, 0.3) is 0 Å². The molecule has 8 aromatic carbocycles. The van der Waals surface area contributed by atoms with Crippen molar-refractivity contribution in [3.63, 3.8) is 0 Å². The third kappa shape index (κ3) is 11.1. The summed E-state index contributed by atoms with van der Waals surface area (Å²) in [5.74, 6) is 0. The molecule has 0 atom stereocenters. The van der Waals surface area contributed by atoms with E-state index in [-0.39, 0.29) is 35.6 Å². The van der Waals surface area contributed by atoms with Crippen LogP contribution in [-0.4, -0.2) is 11.6 Å². The SMILES string of the molecule is C[Si](=[Zr+2])CCC(F)(F)F.Cc1c(C(C)(C)C)[cH-]c2cccc(-c3cccc4ccccc34)c12.Cc1c(C(C)(C)C)[cH-]c2cccc(-c3cccc4ccccc34)c12.[Cl-].[Cl-]. The Balaban J connectivity index is 0.000000211. The zero-order valence-corrected chi connectivity index (χ0v) is 40.5. The van der Waals surface area contributed by atoms with Gasteiger partial charge in [0.05, 0.1) is 0 Å². The summed E-state index contributed by atoms with van der Waals surface area (Å²) < 4.78 is 34.3. The van der Waals surface area contributed by atoms with Gasteiger partial charge in [-0.3, -0.25) is 0 Å². The van der Waals surface area contributed by atoms with E-state index in [2.05, 4.69) is 189 Å². The molecule has 0 saturated heterocycles. The summed E-state index contributed by atoms with van der Waals surface area (Å²) in [5, 5.41) is 10.7. The first-order valence-electron chi connectivity index (χ1n) is 19.8. The molecular formula is C52H53Cl2F3SiZr-2. The van der Waals surface area contributed by atoms with Crippen molar-refractivity contribution in [2.45, 2.75) is 91.4 Å². The zero-order chi connectivity index (χ0) is 41.3. The summed E-state index contributed by atoms with van der Waals surface area (Å²) in [5.41, 5.74) is 10.8. The van der Waals surface area contributed by atoms with E-state index in [1.165, 1.54) is 111 Å². The van der Waals surface area contributed by atoms with Crippen LogP contribution in [0, 0.1) is 13.8 Å². The molecule has 7 heteroatoms. The predicted octanol–water partition coefficient (Wildman–Crippen LogP) is 10.1. The largest absolute Gasteiger partial charge is 1.00 e. The van der Waals surface area contributed by atoms with Gasteiger partial charge in [-0.15, -0.1) is 69.1 Å². The number of benzene rings is 6. The van der Waals surface area contributed by atoms with Gasteiger partial charge in [-0.2, -0.15) is 11.1 Å². The Morgan fingerprint density at radius 1 is 0.508 bits per heavy atom. The average molecular weight is 925 g/mol. The maximum atomic E-state index is 11.4. The Labute approximate surface area is 376 Å². The Hall–Kier alpha value is -3.47. The standard InChI is InChI=1S/2C24H23.C4H7F3Si.2ClH.Zr/c2*1-16-22(24(2,3)4)15-18-11-8-14-21(23(16)18)20-13-7-10-17-9-5-6-12-19(17)20;1-8-3-2-4(5,6)7;;;/h2*5-15H,1-4H3;2-3H2,1H3;2*1H;/q2*-1;;;;+2/p-2. The minimum Gasteiger partial charge on any atom is -1.00 e. The summed E-state index contributed by atoms with van der Waals surface area (Å²) >= 11 is 1.29. The summed E-state index contributed by atoms with van der Waals surface area (Å²) in [6.45, 7) is 20.3. The van der Waals surface area contributed by atoms with Crippen LogP contribution < -0.4 is 24.8 Å². The molecule has 0 spiro atoms. The van der Waals surface area contributed by atoms with Crippen LogP contribution >= 0.6 is 0 Å². The van der Waals surface area contributed by atoms with Crippen LogP contribution in [0.4, 0.5) is 13.2 Å². The van der Waals surface area contributed by atoms with Gasteiger partial charge in [0.1, 0.15) is 0 Å². The predicted molar refractivity (Wildman–Crippen MR) is 239 cm³/mol. The fourth-order valence-corrected chi connectivity index (χ4v) is 9.85. The number of hydrogen-bond acceptors (Lipinski definition) is 0. The molecule has 0 aliphatic carbocycles. The van der Waals surface area contributed by atoms with E-state index in [9.17, 15) is 13.2 Å². The van der Waals surface area contributed by atoms with Crippen molar-refractivity contribution in [2.75, 3.05) is 0 Å². The number of fused-ring (bicyclic) bond motifs is 4. The fourth-order valence-electron chi connectivity index (χ4n) is 8.27. The third-order valence-corrected chi connectivity index (χ3v) is 13.8. The number of alkyl halides is 3. The van der Waals surface area contributed by atoms with E-state index < -0.39 is 18.0 Å². The van der Waals surface area contributed by atoms with Crippen molar-refractivity contribution in [2.24, 2.45) is 0 Å². The van der Waals surface area contributed by atoms with Crippen LogP contribution in [0.3, 0.4) is 0 Å². The second-order valence-electron chi connectivity index (χ2n) is 17.4. The third-order valence-electron chi connectivity index (χ3n) is 10.9. The van der Waals surface area contributed by atoms with Gasteiger partial charge in [0.15, 0.2) is 0 Å². The number of halogens is 5. The maximum Gasteiger partial charge on any atom is -0.0114 e. The van der Waals surface area contributed by atoms with Crippen LogP contribution in [0.25, 0.3) is 65.3 Å². The first-order valence-corrected chi connectivity index (χ1v) is 25.7. The molecule has 8 aromatic rings. The molecule has 0 fully saturated rings. The molecule has 0 aliphatic rings. The van der Waals surface area contributed by atoms with Crippen molar-refractivity contribution in [3.8, 4) is 22.3 Å². The first-order chi connectivity index (χ1) is 26.8. The summed E-state index contributed by atoms with van der Waals surface area (Å²) in [7, 11) is 0. The van der Waals surface area contributed by atoms with Crippen LogP contribution in [0.2, 0.25) is 12.6 Å². The quantitative estimate of drug-likeness (QED) is 0.122. The molecule has 0 aromatic heterocycles. The van der Waals surface area contributed by atoms with Gasteiger partial charge in [-0.1, -0.05) is 164 Å². The van der Waals surface area contributed by atoms with Gasteiger partial charge in [-0.05, 0) is 43.5 Å². The van der Waals surface area contributed by atoms with Gasteiger partial charge < -0.3 is 24.8 Å². The van der Waals surface area contributed by atoms with Crippen LogP contribution in [-0.2, 0) is 34.2 Å². The Morgan fingerprint density at radius 2 is 0.847 bits per heavy atom. The average Bonchev–Trinajstić information content (AvgIpc) is 3.71. The second kappa shape index (κ2) is 19.5. The number of aryl methyl sites for hydroxylation is 2. The molecule has 0 unspecified atom stereocenters. The van der Waals surface area contributed by atoms with Crippen molar-refractivity contribution in [1.29, 1.82) is 0 Å². The topological polar surface area (TPSA) is 0 Å². The Morgan fingerprint density at radius 3 is 1.19 bits per heavy atom. The zero-order valence-electron chi connectivity index (χ0n) is 35.5. The molecule has 0 radical (unpaired) electrons. The molecule has 0 heterocycles. The van der Waals surface area contributed by atoms with E-state index in [1.54, 1.807) is 0 Å². The number of rotatable bonds is 4. The number of hydrogen-bond donors (Lipinski definition) is 0. The normalized spacial score (nSPS) is 11.7. The van der Waals surface area contributed by atoms with Gasteiger partial charge in [-0.25, -0.2) is 0 Å². The summed E-state index contributed by atoms with van der Waals surface area (Å²) in [4.78, 5) is 0. The van der Waals surface area contributed by atoms with Gasteiger partial charge in [0, 0.05) is 0 Å². The van der Waals surface area contributed by atoms with E-state index in [1.807, 2.05) is 6.55 Å². The molecule has 0 saturated carbocycles. The minimum absolute atomic E-state index is 0. The molecule has 0 nitrogen and oxygen atoms in total. The van der Waals surface area contributed by atoms with E-state index >= 15 is 0 Å². The molecule has 0 N–H and O–H groups in total. The maximum absolute atomic E-state index is 11.4. The molecule has 0 bridgehead atoms. The van der Waals surface area contributed by atoms with Gasteiger partial charge in [0.2, 0.25) is 0 Å². The summed E-state index contributed by atoms with van der Waals surface area (Å²) in [6.07, 6.45) is -4.51. The molecule has 8 rings (SSSR count). The van der Waals surface area contributed by atoms with Crippen LogP contribution in [0.5, 0.6) is 0 Å². The fraction of sp³-hybridized carbons (Fsp3) is 0.269. The van der Waals surface area contributed by atoms with Crippen molar-refractivity contribution in [1.82, 2.24) is 0 Å². The molecule has 306 valence electrons. The van der Waals surface area contributed by atoms with Crippen molar-refractivity contribution < 1.29 is 61.3 Å². The molecule has 0 amide bonds. The smallest absolute Gasteiger partial charge is 0.0114 e. The van der Waals surface area contributed by atoms with Gasteiger partial charge >= 0.3 is 67.1 Å². The second-order valence-corrected chi connectivity index (χ2v) is 25.7. The first kappa shape index (κ1) is 48.2.